The summed E-state index contributed by atoms with van der Waals surface area (Å²) in [5.41, 5.74) is 3.73. The highest BCUT2D eigenvalue weighted by atomic mass is 35.5. The molecule has 0 saturated carbocycles. The smallest absolute Gasteiger partial charge is 0.313 e. The number of hydrogen-bond donors (Lipinski definition) is 1. The number of nitrogens with zero attached hydrogens (tertiary/aromatic N) is 2. The van der Waals surface area contributed by atoms with Gasteiger partial charge in [0.1, 0.15) is 0 Å². The molecule has 0 fully saturated rings. The monoisotopic (exact) mass is 394 g/mol. The molecule has 4 nitrogen and oxygen atoms in total. The van der Waals surface area contributed by atoms with E-state index in [-0.39, 0.29) is 0 Å². The number of aliphatic carboxylic acids is 1. The fourth-order valence-corrected chi connectivity index (χ4v) is 3.14. The molecule has 3 aromatic rings. The number of benzene rings is 2. The van der Waals surface area contributed by atoms with E-state index < -0.39 is 11.4 Å². The summed E-state index contributed by atoms with van der Waals surface area (Å²) in [5.74, 6) is -0.171. The summed E-state index contributed by atoms with van der Waals surface area (Å²) in [5, 5.41) is 10.0. The Morgan fingerprint density at radius 3 is 2.32 bits per heavy atom. The Balaban J connectivity index is 1.90. The van der Waals surface area contributed by atoms with Crippen molar-refractivity contribution in [2.45, 2.75) is 39.0 Å². The van der Waals surface area contributed by atoms with Crippen LogP contribution in [0.1, 0.15) is 43.3 Å². The van der Waals surface area contributed by atoms with Crippen LogP contribution in [-0.4, -0.2) is 21.0 Å². The number of hydrogen-bond acceptors (Lipinski definition) is 3. The first-order valence-corrected chi connectivity index (χ1v) is 9.63. The molecule has 1 heterocycles. The quantitative estimate of drug-likeness (QED) is 0.615. The summed E-state index contributed by atoms with van der Waals surface area (Å²) < 4.78 is 0. The molecule has 2 aromatic carbocycles. The Morgan fingerprint density at radius 2 is 1.71 bits per heavy atom. The van der Waals surface area contributed by atoms with Crippen LogP contribution in [0, 0.1) is 0 Å². The number of halogens is 1. The molecule has 5 heteroatoms. The molecule has 0 unspecified atom stereocenters. The van der Waals surface area contributed by atoms with E-state index in [0.717, 1.165) is 34.5 Å². The average molecular weight is 395 g/mol. The lowest BCUT2D eigenvalue weighted by molar-refractivity contribution is -0.142. The van der Waals surface area contributed by atoms with Gasteiger partial charge in [-0.05, 0) is 49.6 Å². The molecule has 0 aliphatic heterocycles. The van der Waals surface area contributed by atoms with Crippen LogP contribution in [0.3, 0.4) is 0 Å². The van der Waals surface area contributed by atoms with Crippen molar-refractivity contribution in [3.8, 4) is 11.4 Å². The maximum Gasteiger partial charge on any atom is 0.313 e. The summed E-state index contributed by atoms with van der Waals surface area (Å²) in [4.78, 5) is 20.8. The molecule has 1 aromatic heterocycles. The second-order valence-corrected chi connectivity index (χ2v) is 7.78. The van der Waals surface area contributed by atoms with Gasteiger partial charge in [0.15, 0.2) is 5.82 Å². The fourth-order valence-electron chi connectivity index (χ4n) is 2.95. The van der Waals surface area contributed by atoms with Crippen LogP contribution in [0.15, 0.2) is 54.6 Å². The Labute approximate surface area is 170 Å². The van der Waals surface area contributed by atoms with Crippen LogP contribution in [0.25, 0.3) is 11.4 Å². The Kier molecular flexibility index (Phi) is 5.80. The number of aromatic nitrogens is 2. The third-order valence-electron chi connectivity index (χ3n) is 4.87. The van der Waals surface area contributed by atoms with Gasteiger partial charge in [-0.25, -0.2) is 9.97 Å². The summed E-state index contributed by atoms with van der Waals surface area (Å²) in [6.45, 7) is 5.48. The van der Waals surface area contributed by atoms with Crippen LogP contribution in [-0.2, 0) is 23.1 Å². The van der Waals surface area contributed by atoms with E-state index in [1.165, 1.54) is 0 Å². The van der Waals surface area contributed by atoms with E-state index in [9.17, 15) is 9.90 Å². The highest BCUT2D eigenvalue weighted by Gasteiger charge is 2.29. The molecule has 0 saturated heterocycles. The second kappa shape index (κ2) is 8.11. The molecule has 28 heavy (non-hydrogen) atoms. The maximum absolute atomic E-state index is 11.4. The zero-order valence-corrected chi connectivity index (χ0v) is 17.0. The van der Waals surface area contributed by atoms with Crippen molar-refractivity contribution in [2.75, 3.05) is 0 Å². The van der Waals surface area contributed by atoms with Gasteiger partial charge >= 0.3 is 5.97 Å². The molecular formula is C23H23ClN2O2. The molecule has 0 radical (unpaired) electrons. The summed E-state index contributed by atoms with van der Waals surface area (Å²) in [6, 6.07) is 17.2. The summed E-state index contributed by atoms with van der Waals surface area (Å²) >= 11 is 6.11. The molecule has 0 spiro atoms. The van der Waals surface area contributed by atoms with Crippen LogP contribution < -0.4 is 0 Å². The average Bonchev–Trinajstić information content (AvgIpc) is 2.68. The molecule has 144 valence electrons. The number of carboxylic acid groups (broad SMARTS) is 1. The maximum atomic E-state index is 11.4. The van der Waals surface area contributed by atoms with E-state index >= 15 is 0 Å². The minimum Gasteiger partial charge on any atom is -0.481 e. The topological polar surface area (TPSA) is 63.1 Å². The lowest BCUT2D eigenvalue weighted by Crippen LogP contribution is -2.28. The van der Waals surface area contributed by atoms with Crippen LogP contribution in [0.2, 0.25) is 5.02 Å². The molecule has 1 N–H and O–H groups in total. The van der Waals surface area contributed by atoms with Gasteiger partial charge in [0.25, 0.3) is 0 Å². The van der Waals surface area contributed by atoms with Crippen molar-refractivity contribution in [2.24, 2.45) is 0 Å². The second-order valence-electron chi connectivity index (χ2n) is 7.34. The van der Waals surface area contributed by atoms with E-state index in [0.29, 0.717) is 17.3 Å². The van der Waals surface area contributed by atoms with E-state index in [2.05, 4.69) is 11.9 Å². The first-order chi connectivity index (χ1) is 13.3. The zero-order valence-electron chi connectivity index (χ0n) is 16.2. The minimum atomic E-state index is -0.914. The van der Waals surface area contributed by atoms with Crippen molar-refractivity contribution in [3.63, 3.8) is 0 Å². The molecule has 0 aliphatic rings. The van der Waals surface area contributed by atoms with Gasteiger partial charge in [-0.3, -0.25) is 4.79 Å². The number of aryl methyl sites for hydroxylation is 1. The molecule has 0 amide bonds. The standard InChI is InChI=1S/C23H23ClN2O2/c1-4-19-14-20(26-21(25-19)16-6-5-7-18(24)13-16)12-15-8-10-17(11-9-15)23(2,3)22(27)28/h5-11,13-14H,4,12H2,1-3H3,(H,27,28). The first kappa shape index (κ1) is 20.0. The largest absolute Gasteiger partial charge is 0.481 e. The Hall–Kier alpha value is -2.72. The van der Waals surface area contributed by atoms with Crippen molar-refractivity contribution < 1.29 is 9.90 Å². The Morgan fingerprint density at radius 1 is 1.04 bits per heavy atom. The summed E-state index contributed by atoms with van der Waals surface area (Å²) in [6.07, 6.45) is 1.46. The SMILES string of the molecule is CCc1cc(Cc2ccc(C(C)(C)C(=O)O)cc2)nc(-c2cccc(Cl)c2)n1. The van der Waals surface area contributed by atoms with Crippen LogP contribution in [0.4, 0.5) is 0 Å². The van der Waals surface area contributed by atoms with Crippen molar-refractivity contribution in [3.05, 3.63) is 82.1 Å². The normalized spacial score (nSPS) is 11.4. The molecule has 0 bridgehead atoms. The van der Waals surface area contributed by atoms with E-state index in [1.807, 2.05) is 54.6 Å². The van der Waals surface area contributed by atoms with Crippen molar-refractivity contribution >= 4 is 17.6 Å². The van der Waals surface area contributed by atoms with Crippen LogP contribution in [0.5, 0.6) is 0 Å². The predicted molar refractivity (Wildman–Crippen MR) is 112 cm³/mol. The number of carboxylic acids is 1. The molecular weight excluding hydrogens is 372 g/mol. The highest BCUT2D eigenvalue weighted by Crippen LogP contribution is 2.25. The third kappa shape index (κ3) is 4.39. The first-order valence-electron chi connectivity index (χ1n) is 9.25. The third-order valence-corrected chi connectivity index (χ3v) is 5.11. The van der Waals surface area contributed by atoms with Gasteiger partial charge in [0.05, 0.1) is 5.41 Å². The van der Waals surface area contributed by atoms with Gasteiger partial charge in [0.2, 0.25) is 0 Å². The van der Waals surface area contributed by atoms with E-state index in [1.54, 1.807) is 13.8 Å². The lowest BCUT2D eigenvalue weighted by atomic mass is 9.84. The van der Waals surface area contributed by atoms with Crippen LogP contribution >= 0.6 is 11.6 Å². The van der Waals surface area contributed by atoms with Gasteiger partial charge in [-0.15, -0.1) is 0 Å². The highest BCUT2D eigenvalue weighted by molar-refractivity contribution is 6.30. The number of carbonyl (C=O) groups is 1. The zero-order chi connectivity index (χ0) is 20.3. The number of rotatable bonds is 6. The van der Waals surface area contributed by atoms with Crippen molar-refractivity contribution in [1.29, 1.82) is 0 Å². The minimum absolute atomic E-state index is 0.650. The molecule has 3 rings (SSSR count). The molecule has 0 atom stereocenters. The summed E-state index contributed by atoms with van der Waals surface area (Å²) in [7, 11) is 0. The fraction of sp³-hybridized carbons (Fsp3) is 0.261. The van der Waals surface area contributed by atoms with Gasteiger partial charge in [-0.2, -0.15) is 0 Å². The predicted octanol–water partition coefficient (Wildman–Crippen LogP) is 5.31. The van der Waals surface area contributed by atoms with Gasteiger partial charge < -0.3 is 5.11 Å². The lowest BCUT2D eigenvalue weighted by Gasteiger charge is -2.19. The van der Waals surface area contributed by atoms with Gasteiger partial charge in [-0.1, -0.05) is 54.9 Å². The van der Waals surface area contributed by atoms with E-state index in [4.69, 9.17) is 16.6 Å². The molecule has 0 aliphatic carbocycles. The van der Waals surface area contributed by atoms with Gasteiger partial charge in [0, 0.05) is 28.4 Å². The Bertz CT molecular complexity index is 998. The van der Waals surface area contributed by atoms with Crippen molar-refractivity contribution in [1.82, 2.24) is 9.97 Å².